The molecule has 0 radical (unpaired) electrons. The van der Waals surface area contributed by atoms with Crippen molar-refractivity contribution >= 4 is 24.8 Å². The number of rotatable bonds is 9. The van der Waals surface area contributed by atoms with E-state index < -0.39 is 8.32 Å². The number of carbonyl (C=O) groups excluding carboxylic acids is 1. The van der Waals surface area contributed by atoms with E-state index in [-0.39, 0.29) is 17.0 Å². The summed E-state index contributed by atoms with van der Waals surface area (Å²) < 4.78 is 6.86. The fourth-order valence-corrected chi connectivity index (χ4v) is 8.60. The smallest absolute Gasteiger partial charge is 0.261 e. The van der Waals surface area contributed by atoms with Gasteiger partial charge < -0.3 is 4.43 Å². The van der Waals surface area contributed by atoms with E-state index in [0.717, 1.165) is 6.42 Å². The molecule has 0 amide bonds. The number of terminal acetylenes is 1. The summed E-state index contributed by atoms with van der Waals surface area (Å²) in [7, 11) is -2.59. The highest BCUT2D eigenvalue weighted by atomic mass is 28.4. The normalized spacial score (nSPS) is 13.8. The Balaban J connectivity index is 2.44. The summed E-state index contributed by atoms with van der Waals surface area (Å²) in [5.74, 6) is 2.68. The predicted octanol–water partition coefficient (Wildman–Crippen LogP) is 4.32. The molecule has 2 atom stereocenters. The van der Waals surface area contributed by atoms with Gasteiger partial charge in [0, 0.05) is 12.5 Å². The molecule has 0 N–H and O–H groups in total. The molecule has 2 aromatic rings. The van der Waals surface area contributed by atoms with Crippen LogP contribution in [0.25, 0.3) is 0 Å². The van der Waals surface area contributed by atoms with Crippen molar-refractivity contribution in [3.05, 3.63) is 60.7 Å². The van der Waals surface area contributed by atoms with Crippen LogP contribution in [0.3, 0.4) is 0 Å². The van der Waals surface area contributed by atoms with Gasteiger partial charge in [-0.25, -0.2) is 9.79 Å². The maximum Gasteiger partial charge on any atom is 0.261 e. The van der Waals surface area contributed by atoms with Crippen molar-refractivity contribution in [1.29, 1.82) is 0 Å². The third-order valence-electron chi connectivity index (χ3n) is 5.49. The topological polar surface area (TPSA) is 38.7 Å². The zero-order valence-electron chi connectivity index (χ0n) is 17.9. The lowest BCUT2D eigenvalue weighted by molar-refractivity contribution is 0.269. The van der Waals surface area contributed by atoms with E-state index in [1.165, 1.54) is 10.4 Å². The van der Waals surface area contributed by atoms with Crippen molar-refractivity contribution in [3.63, 3.8) is 0 Å². The molecule has 0 unspecified atom stereocenters. The summed E-state index contributed by atoms with van der Waals surface area (Å²) in [5, 5.41) is 2.38. The maximum absolute atomic E-state index is 10.9. The molecular formula is C25H31NO2Si. The molecule has 4 heteroatoms. The lowest BCUT2D eigenvalue weighted by Gasteiger charge is -2.43. The standard InChI is InChI=1S/C25H31NO2Si/c1-6-21(7-2)24(26-20-27)18-19-28-29(25(3,4)5,22-14-10-8-11-15-22)23-16-12-9-13-17-23/h1,8-17,21,24H,7,18-19H2,2-5H3/t21-,24-/m1/s1. The van der Waals surface area contributed by atoms with Gasteiger partial charge in [-0.2, -0.15) is 0 Å². The Morgan fingerprint density at radius 2 is 1.55 bits per heavy atom. The zero-order valence-corrected chi connectivity index (χ0v) is 18.9. The van der Waals surface area contributed by atoms with Crippen LogP contribution >= 0.6 is 0 Å². The Bertz CT molecular complexity index is 806. The predicted molar refractivity (Wildman–Crippen MR) is 123 cm³/mol. The van der Waals surface area contributed by atoms with Crippen molar-refractivity contribution in [2.24, 2.45) is 10.9 Å². The second-order valence-electron chi connectivity index (χ2n) is 8.27. The minimum Gasteiger partial charge on any atom is -0.407 e. The van der Waals surface area contributed by atoms with Gasteiger partial charge in [-0.15, -0.1) is 12.3 Å². The monoisotopic (exact) mass is 405 g/mol. The van der Waals surface area contributed by atoms with Crippen LogP contribution in [0.1, 0.15) is 40.5 Å². The Kier molecular flexibility index (Phi) is 8.17. The van der Waals surface area contributed by atoms with E-state index >= 15 is 0 Å². The number of hydrogen-bond acceptors (Lipinski definition) is 3. The molecule has 29 heavy (non-hydrogen) atoms. The van der Waals surface area contributed by atoms with Crippen LogP contribution in [-0.2, 0) is 9.22 Å². The Labute approximate surface area is 176 Å². The molecule has 3 nitrogen and oxygen atoms in total. The highest BCUT2D eigenvalue weighted by molar-refractivity contribution is 6.99. The minimum atomic E-state index is -2.59. The first-order chi connectivity index (χ1) is 13.9. The molecule has 0 fully saturated rings. The molecule has 2 aromatic carbocycles. The maximum atomic E-state index is 10.9. The van der Waals surface area contributed by atoms with Gasteiger partial charge in [-0.1, -0.05) is 88.4 Å². The van der Waals surface area contributed by atoms with E-state index in [4.69, 9.17) is 10.8 Å². The highest BCUT2D eigenvalue weighted by Crippen LogP contribution is 2.37. The molecule has 0 bridgehead atoms. The SMILES string of the molecule is C#C[C@H](CC)[C@@H](CCO[Si](c1ccccc1)(c1ccccc1)C(C)(C)C)N=C=O. The highest BCUT2D eigenvalue weighted by Gasteiger charge is 2.50. The number of benzene rings is 2. The minimum absolute atomic E-state index is 0.0841. The fraction of sp³-hybridized carbons (Fsp3) is 0.400. The van der Waals surface area contributed by atoms with E-state index in [2.05, 4.69) is 80.2 Å². The van der Waals surface area contributed by atoms with Crippen molar-refractivity contribution in [2.75, 3.05) is 6.61 Å². The van der Waals surface area contributed by atoms with Gasteiger partial charge in [0.2, 0.25) is 6.08 Å². The largest absolute Gasteiger partial charge is 0.407 e. The Morgan fingerprint density at radius 3 is 1.93 bits per heavy atom. The van der Waals surface area contributed by atoms with Gasteiger partial charge in [-0.05, 0) is 28.3 Å². The molecule has 0 aliphatic carbocycles. The number of hydrogen-bond donors (Lipinski definition) is 0. The van der Waals surface area contributed by atoms with Crippen LogP contribution in [0, 0.1) is 18.3 Å². The molecule has 2 rings (SSSR count). The number of nitrogens with zero attached hydrogens (tertiary/aromatic N) is 1. The zero-order chi connectivity index (χ0) is 21.3. The number of aliphatic imine (C=N–C) groups is 1. The van der Waals surface area contributed by atoms with Gasteiger partial charge in [-0.3, -0.25) is 0 Å². The first-order valence-corrected chi connectivity index (χ1v) is 12.1. The quantitative estimate of drug-likeness (QED) is 0.270. The molecule has 0 aliphatic heterocycles. The third kappa shape index (κ3) is 5.13. The third-order valence-corrected chi connectivity index (χ3v) is 10.5. The van der Waals surface area contributed by atoms with Crippen LogP contribution in [0.2, 0.25) is 5.04 Å². The van der Waals surface area contributed by atoms with E-state index in [1.54, 1.807) is 6.08 Å². The van der Waals surface area contributed by atoms with Crippen molar-refractivity contribution < 1.29 is 9.22 Å². The summed E-state index contributed by atoms with van der Waals surface area (Å²) in [6.07, 6.45) is 8.71. The molecule has 0 saturated heterocycles. The Hall–Kier alpha value is -2.44. The molecule has 0 heterocycles. The summed E-state index contributed by atoms with van der Waals surface area (Å²) in [5.41, 5.74) is 0. The average molecular weight is 406 g/mol. The first-order valence-electron chi connectivity index (χ1n) is 10.2. The van der Waals surface area contributed by atoms with Crippen LogP contribution in [0.5, 0.6) is 0 Å². The summed E-state index contributed by atoms with van der Waals surface area (Å²) in [6.45, 7) is 9.24. The fourth-order valence-electron chi connectivity index (χ4n) is 4.02. The second kappa shape index (κ2) is 10.4. The van der Waals surface area contributed by atoms with Crippen molar-refractivity contribution in [3.8, 4) is 12.3 Å². The van der Waals surface area contributed by atoms with E-state index in [9.17, 15) is 4.79 Å². The summed E-state index contributed by atoms with van der Waals surface area (Å²) in [6, 6.07) is 20.8. The molecule has 152 valence electrons. The van der Waals surface area contributed by atoms with E-state index in [1.807, 2.05) is 19.1 Å². The molecule has 0 aromatic heterocycles. The molecule has 0 spiro atoms. The van der Waals surface area contributed by atoms with Crippen LogP contribution in [0.4, 0.5) is 0 Å². The average Bonchev–Trinajstić information content (AvgIpc) is 2.72. The van der Waals surface area contributed by atoms with Crippen LogP contribution in [0.15, 0.2) is 65.7 Å². The lowest BCUT2D eigenvalue weighted by atomic mass is 9.96. The molecule has 0 aliphatic rings. The summed E-state index contributed by atoms with van der Waals surface area (Å²) in [4.78, 5) is 14.9. The summed E-state index contributed by atoms with van der Waals surface area (Å²) >= 11 is 0. The second-order valence-corrected chi connectivity index (χ2v) is 12.6. The van der Waals surface area contributed by atoms with Gasteiger partial charge >= 0.3 is 0 Å². The Morgan fingerprint density at radius 1 is 1.03 bits per heavy atom. The van der Waals surface area contributed by atoms with Crippen LogP contribution < -0.4 is 10.4 Å². The van der Waals surface area contributed by atoms with Gasteiger partial charge in [0.1, 0.15) is 0 Å². The van der Waals surface area contributed by atoms with Gasteiger partial charge in [0.05, 0.1) is 6.04 Å². The van der Waals surface area contributed by atoms with Crippen LogP contribution in [-0.4, -0.2) is 27.0 Å². The lowest BCUT2D eigenvalue weighted by Crippen LogP contribution is -2.66. The van der Waals surface area contributed by atoms with Gasteiger partial charge in [0.15, 0.2) is 0 Å². The van der Waals surface area contributed by atoms with Gasteiger partial charge in [0.25, 0.3) is 8.32 Å². The molecular weight excluding hydrogens is 374 g/mol. The molecule has 0 saturated carbocycles. The number of isocyanates is 1. The van der Waals surface area contributed by atoms with Crippen molar-refractivity contribution in [2.45, 2.75) is 51.6 Å². The van der Waals surface area contributed by atoms with Crippen molar-refractivity contribution in [1.82, 2.24) is 0 Å². The van der Waals surface area contributed by atoms with E-state index in [0.29, 0.717) is 13.0 Å². The first kappa shape index (κ1) is 22.8.